The van der Waals surface area contributed by atoms with Crippen molar-refractivity contribution in [3.05, 3.63) is 57.5 Å². The Balaban J connectivity index is 2.64. The van der Waals surface area contributed by atoms with Crippen molar-refractivity contribution in [3.8, 4) is 0 Å². The Labute approximate surface area is 114 Å². The molecule has 3 nitrogen and oxygen atoms in total. The Hall–Kier alpha value is -1.72. The third-order valence-corrected chi connectivity index (χ3v) is 4.17. The third kappa shape index (κ3) is 2.27. The zero-order valence-corrected chi connectivity index (χ0v) is 11.1. The zero-order chi connectivity index (χ0) is 14.0. The fourth-order valence-electron chi connectivity index (χ4n) is 2.07. The highest BCUT2D eigenvalue weighted by atomic mass is 32.1. The monoisotopic (exact) mass is 280 g/mol. The first-order valence-corrected chi connectivity index (χ1v) is 6.67. The van der Waals surface area contributed by atoms with Gasteiger partial charge in [0.15, 0.2) is 0 Å². The van der Waals surface area contributed by atoms with Gasteiger partial charge in [-0.25, -0.2) is 9.18 Å². The van der Waals surface area contributed by atoms with Crippen LogP contribution >= 0.6 is 11.3 Å². The molecule has 5 heteroatoms. The van der Waals surface area contributed by atoms with E-state index in [4.69, 9.17) is 5.11 Å². The Morgan fingerprint density at radius 3 is 2.63 bits per heavy atom. The van der Waals surface area contributed by atoms with Crippen molar-refractivity contribution >= 4 is 17.3 Å². The van der Waals surface area contributed by atoms with Gasteiger partial charge in [-0.3, -0.25) is 0 Å². The van der Waals surface area contributed by atoms with Crippen molar-refractivity contribution in [1.82, 2.24) is 0 Å². The lowest BCUT2D eigenvalue weighted by molar-refractivity contribution is 0.0630. The lowest BCUT2D eigenvalue weighted by Gasteiger charge is -2.27. The van der Waals surface area contributed by atoms with E-state index in [0.29, 0.717) is 0 Å². The van der Waals surface area contributed by atoms with Crippen LogP contribution in [-0.2, 0) is 5.60 Å². The van der Waals surface area contributed by atoms with Crippen molar-refractivity contribution in [1.29, 1.82) is 0 Å². The standard InChI is InChI=1S/C14H13FO3S/c1-2-14(18,10-5-3-4-6-11(10)15)12-9(13(16)17)7-8-19-12/h3-8,18H,2H2,1H3,(H,16,17). The molecule has 2 N–H and O–H groups in total. The quantitative estimate of drug-likeness (QED) is 0.904. The van der Waals surface area contributed by atoms with Gasteiger partial charge in [-0.1, -0.05) is 25.1 Å². The van der Waals surface area contributed by atoms with E-state index in [1.165, 1.54) is 24.3 Å². The normalized spacial score (nSPS) is 14.1. The average Bonchev–Trinajstić information content (AvgIpc) is 2.88. The highest BCUT2D eigenvalue weighted by Crippen LogP contribution is 2.39. The SMILES string of the molecule is CCC(O)(c1ccccc1F)c1sccc1C(=O)O. The summed E-state index contributed by atoms with van der Waals surface area (Å²) >= 11 is 1.12. The Morgan fingerprint density at radius 1 is 1.37 bits per heavy atom. The van der Waals surface area contributed by atoms with Gasteiger partial charge < -0.3 is 10.2 Å². The molecule has 19 heavy (non-hydrogen) atoms. The summed E-state index contributed by atoms with van der Waals surface area (Å²) in [6.07, 6.45) is 0.189. The molecule has 0 saturated carbocycles. The van der Waals surface area contributed by atoms with Crippen LogP contribution in [0.2, 0.25) is 0 Å². The first-order valence-electron chi connectivity index (χ1n) is 5.79. The van der Waals surface area contributed by atoms with Crippen LogP contribution in [0.4, 0.5) is 4.39 Å². The topological polar surface area (TPSA) is 57.5 Å². The summed E-state index contributed by atoms with van der Waals surface area (Å²) in [4.78, 5) is 11.4. The molecular formula is C14H13FO3S. The van der Waals surface area contributed by atoms with E-state index in [-0.39, 0.29) is 22.4 Å². The number of carboxylic acid groups (broad SMARTS) is 1. The van der Waals surface area contributed by atoms with Crippen molar-refractivity contribution in [2.45, 2.75) is 18.9 Å². The number of hydrogen-bond donors (Lipinski definition) is 2. The van der Waals surface area contributed by atoms with Gasteiger partial charge in [0.2, 0.25) is 0 Å². The highest BCUT2D eigenvalue weighted by molar-refractivity contribution is 7.10. The molecule has 2 aromatic rings. The van der Waals surface area contributed by atoms with Crippen LogP contribution in [0.5, 0.6) is 0 Å². The van der Waals surface area contributed by atoms with E-state index in [1.54, 1.807) is 18.4 Å². The van der Waals surface area contributed by atoms with Crippen molar-refractivity contribution in [2.24, 2.45) is 0 Å². The summed E-state index contributed by atoms with van der Waals surface area (Å²) in [6.45, 7) is 1.69. The molecule has 0 fully saturated rings. The molecule has 0 aliphatic heterocycles. The van der Waals surface area contributed by atoms with Gasteiger partial charge in [0, 0.05) is 5.56 Å². The van der Waals surface area contributed by atoms with Gasteiger partial charge in [0.1, 0.15) is 11.4 Å². The van der Waals surface area contributed by atoms with E-state index in [0.717, 1.165) is 11.3 Å². The molecule has 1 aromatic heterocycles. The van der Waals surface area contributed by atoms with Crippen LogP contribution < -0.4 is 0 Å². The predicted octanol–water partition coefficient (Wildman–Crippen LogP) is 3.23. The van der Waals surface area contributed by atoms with Crippen LogP contribution in [0.3, 0.4) is 0 Å². The van der Waals surface area contributed by atoms with Crippen LogP contribution in [-0.4, -0.2) is 16.2 Å². The maximum absolute atomic E-state index is 13.9. The minimum atomic E-state index is -1.62. The molecule has 0 aliphatic rings. The van der Waals surface area contributed by atoms with Crippen LogP contribution in [0.25, 0.3) is 0 Å². The minimum absolute atomic E-state index is 0.0117. The minimum Gasteiger partial charge on any atom is -0.478 e. The summed E-state index contributed by atoms with van der Waals surface area (Å²) < 4.78 is 13.9. The van der Waals surface area contributed by atoms with Gasteiger partial charge in [-0.05, 0) is 23.9 Å². The molecule has 0 spiro atoms. The number of carboxylic acids is 1. The largest absolute Gasteiger partial charge is 0.478 e. The first kappa shape index (κ1) is 13.7. The third-order valence-electron chi connectivity index (χ3n) is 3.10. The number of carbonyl (C=O) groups is 1. The molecule has 1 unspecified atom stereocenters. The number of aromatic carboxylic acids is 1. The summed E-state index contributed by atoms with van der Waals surface area (Å²) in [6, 6.07) is 7.30. The second kappa shape index (κ2) is 5.11. The second-order valence-corrected chi connectivity index (χ2v) is 5.08. The maximum Gasteiger partial charge on any atom is 0.336 e. The van der Waals surface area contributed by atoms with E-state index in [2.05, 4.69) is 0 Å². The summed E-state index contributed by atoms with van der Waals surface area (Å²) in [5.74, 6) is -1.67. The average molecular weight is 280 g/mol. The van der Waals surface area contributed by atoms with Crippen molar-refractivity contribution in [3.63, 3.8) is 0 Å². The lowest BCUT2D eigenvalue weighted by atomic mass is 9.87. The van der Waals surface area contributed by atoms with Crippen molar-refractivity contribution < 1.29 is 19.4 Å². The van der Waals surface area contributed by atoms with Crippen LogP contribution in [0, 0.1) is 5.82 Å². The molecule has 0 saturated heterocycles. The number of thiophene rings is 1. The van der Waals surface area contributed by atoms with E-state index in [1.807, 2.05) is 0 Å². The molecular weight excluding hydrogens is 267 g/mol. The molecule has 100 valence electrons. The molecule has 0 bridgehead atoms. The maximum atomic E-state index is 13.9. The van der Waals surface area contributed by atoms with Crippen LogP contribution in [0.1, 0.15) is 34.1 Å². The molecule has 0 aliphatic carbocycles. The second-order valence-electron chi connectivity index (χ2n) is 4.16. The number of benzene rings is 1. The molecule has 2 rings (SSSR count). The zero-order valence-electron chi connectivity index (χ0n) is 10.3. The highest BCUT2D eigenvalue weighted by Gasteiger charge is 2.36. The van der Waals surface area contributed by atoms with Gasteiger partial charge in [-0.2, -0.15) is 0 Å². The molecule has 0 amide bonds. The van der Waals surface area contributed by atoms with Crippen molar-refractivity contribution in [2.75, 3.05) is 0 Å². The fraction of sp³-hybridized carbons (Fsp3) is 0.214. The summed E-state index contributed by atoms with van der Waals surface area (Å²) in [5.41, 5.74) is -1.51. The predicted molar refractivity (Wildman–Crippen MR) is 71.0 cm³/mol. The Morgan fingerprint density at radius 2 is 2.05 bits per heavy atom. The Kier molecular flexibility index (Phi) is 3.68. The number of halogens is 1. The Bertz CT molecular complexity index is 608. The molecule has 1 atom stereocenters. The number of hydrogen-bond acceptors (Lipinski definition) is 3. The summed E-state index contributed by atoms with van der Waals surface area (Å²) in [5, 5.41) is 21.5. The van der Waals surface area contributed by atoms with E-state index in [9.17, 15) is 14.3 Å². The van der Waals surface area contributed by atoms with E-state index >= 15 is 0 Å². The molecule has 1 heterocycles. The fourth-order valence-corrected chi connectivity index (χ4v) is 3.14. The van der Waals surface area contributed by atoms with E-state index < -0.39 is 17.4 Å². The molecule has 1 aromatic carbocycles. The summed E-state index contributed by atoms with van der Waals surface area (Å²) in [7, 11) is 0. The smallest absolute Gasteiger partial charge is 0.336 e. The van der Waals surface area contributed by atoms with Gasteiger partial charge in [0.25, 0.3) is 0 Å². The van der Waals surface area contributed by atoms with Gasteiger partial charge in [0.05, 0.1) is 10.4 Å². The number of aliphatic hydroxyl groups is 1. The molecule has 0 radical (unpaired) electrons. The number of rotatable bonds is 4. The van der Waals surface area contributed by atoms with Gasteiger partial charge >= 0.3 is 5.97 Å². The van der Waals surface area contributed by atoms with Crippen LogP contribution in [0.15, 0.2) is 35.7 Å². The lowest BCUT2D eigenvalue weighted by Crippen LogP contribution is -2.28. The first-order chi connectivity index (χ1) is 9.00. The van der Waals surface area contributed by atoms with Gasteiger partial charge in [-0.15, -0.1) is 11.3 Å².